The van der Waals surface area contributed by atoms with Gasteiger partial charge in [-0.25, -0.2) is 8.42 Å². The maximum Gasteiger partial charge on any atom is 0.294 e. The quantitative estimate of drug-likeness (QED) is 0.879. The standard InChI is InChI=1S/C10H12N2O3S/c1-3-15-10-11-7-5-4-6-8(9(7)12-10)16(2,13)14/h4-6H,3H2,1-2H3,(H,11,12). The lowest BCUT2D eigenvalue weighted by Gasteiger charge is -1.97. The van der Waals surface area contributed by atoms with E-state index in [0.717, 1.165) is 6.26 Å². The molecule has 0 radical (unpaired) electrons. The Morgan fingerprint density at radius 1 is 1.44 bits per heavy atom. The van der Waals surface area contributed by atoms with Crippen molar-refractivity contribution >= 4 is 20.9 Å². The highest BCUT2D eigenvalue weighted by molar-refractivity contribution is 7.91. The highest BCUT2D eigenvalue weighted by Gasteiger charge is 2.15. The largest absolute Gasteiger partial charge is 0.465 e. The van der Waals surface area contributed by atoms with Crippen LogP contribution in [0.2, 0.25) is 0 Å². The molecule has 0 amide bonds. The zero-order valence-electron chi connectivity index (χ0n) is 9.02. The second-order valence-corrected chi connectivity index (χ2v) is 5.38. The summed E-state index contributed by atoms with van der Waals surface area (Å²) in [6.45, 7) is 2.32. The monoisotopic (exact) mass is 240 g/mol. The van der Waals surface area contributed by atoms with Gasteiger partial charge in [-0.05, 0) is 19.1 Å². The van der Waals surface area contributed by atoms with Crippen LogP contribution < -0.4 is 4.74 Å². The van der Waals surface area contributed by atoms with E-state index in [9.17, 15) is 8.42 Å². The van der Waals surface area contributed by atoms with E-state index < -0.39 is 9.84 Å². The Bertz CT molecular complexity index is 616. The van der Waals surface area contributed by atoms with Gasteiger partial charge in [0.05, 0.1) is 17.0 Å². The fourth-order valence-corrected chi connectivity index (χ4v) is 2.32. The molecular weight excluding hydrogens is 228 g/mol. The summed E-state index contributed by atoms with van der Waals surface area (Å²) in [5.74, 6) is 0. The van der Waals surface area contributed by atoms with Gasteiger partial charge in [0.15, 0.2) is 9.84 Å². The highest BCUT2D eigenvalue weighted by Crippen LogP contribution is 2.23. The number of para-hydroxylation sites is 1. The molecule has 0 bridgehead atoms. The van der Waals surface area contributed by atoms with E-state index in [-0.39, 0.29) is 4.90 Å². The molecule has 0 atom stereocenters. The predicted octanol–water partition coefficient (Wildman–Crippen LogP) is 1.37. The Morgan fingerprint density at radius 3 is 2.81 bits per heavy atom. The third kappa shape index (κ3) is 1.88. The molecule has 0 aliphatic rings. The van der Waals surface area contributed by atoms with Crippen LogP contribution in [0.3, 0.4) is 0 Å². The van der Waals surface area contributed by atoms with Crippen LogP contribution >= 0.6 is 0 Å². The zero-order valence-corrected chi connectivity index (χ0v) is 9.84. The molecule has 0 saturated heterocycles. The first-order chi connectivity index (χ1) is 7.52. The van der Waals surface area contributed by atoms with E-state index in [1.807, 2.05) is 6.92 Å². The number of aromatic nitrogens is 2. The summed E-state index contributed by atoms with van der Waals surface area (Å²) >= 11 is 0. The van der Waals surface area contributed by atoms with Gasteiger partial charge in [0.2, 0.25) is 0 Å². The summed E-state index contributed by atoms with van der Waals surface area (Å²) in [5, 5.41) is 0. The molecule has 2 aromatic rings. The predicted molar refractivity (Wildman–Crippen MR) is 60.4 cm³/mol. The van der Waals surface area contributed by atoms with E-state index in [1.165, 1.54) is 6.07 Å². The van der Waals surface area contributed by atoms with Gasteiger partial charge in [-0.1, -0.05) is 6.07 Å². The molecule has 0 fully saturated rings. The molecule has 86 valence electrons. The SMILES string of the molecule is CCOc1nc2c(S(C)(=O)=O)cccc2[nH]1. The molecule has 6 heteroatoms. The second kappa shape index (κ2) is 3.79. The molecule has 0 spiro atoms. The number of aromatic amines is 1. The number of nitrogens with zero attached hydrogens (tertiary/aromatic N) is 1. The number of rotatable bonds is 3. The number of fused-ring (bicyclic) bond motifs is 1. The minimum Gasteiger partial charge on any atom is -0.465 e. The van der Waals surface area contributed by atoms with Crippen molar-refractivity contribution in [3.63, 3.8) is 0 Å². The number of ether oxygens (including phenoxy) is 1. The number of sulfone groups is 1. The fraction of sp³-hybridized carbons (Fsp3) is 0.300. The van der Waals surface area contributed by atoms with Crippen molar-refractivity contribution in [2.45, 2.75) is 11.8 Å². The molecule has 0 saturated carbocycles. The van der Waals surface area contributed by atoms with E-state index in [1.54, 1.807) is 12.1 Å². The Hall–Kier alpha value is -1.56. The fourth-order valence-electron chi connectivity index (χ4n) is 1.49. The maximum absolute atomic E-state index is 11.5. The molecule has 0 aliphatic carbocycles. The van der Waals surface area contributed by atoms with Gasteiger partial charge in [0.25, 0.3) is 6.01 Å². The number of H-pyrrole nitrogens is 1. The van der Waals surface area contributed by atoms with Crippen molar-refractivity contribution in [3.8, 4) is 6.01 Å². The first-order valence-corrected chi connectivity index (χ1v) is 6.73. The van der Waals surface area contributed by atoms with Crippen molar-refractivity contribution in [2.75, 3.05) is 12.9 Å². The summed E-state index contributed by atoms with van der Waals surface area (Å²) in [7, 11) is -3.27. The minimum atomic E-state index is -3.27. The molecule has 5 nitrogen and oxygen atoms in total. The maximum atomic E-state index is 11.5. The number of benzene rings is 1. The van der Waals surface area contributed by atoms with Gasteiger partial charge in [-0.15, -0.1) is 0 Å². The normalized spacial score (nSPS) is 11.9. The molecule has 1 N–H and O–H groups in total. The molecular formula is C10H12N2O3S. The first-order valence-electron chi connectivity index (χ1n) is 4.84. The van der Waals surface area contributed by atoms with Gasteiger partial charge in [0, 0.05) is 6.26 Å². The molecule has 0 unspecified atom stereocenters. The molecule has 1 aromatic heterocycles. The third-order valence-corrected chi connectivity index (χ3v) is 3.26. The molecule has 2 rings (SSSR count). The van der Waals surface area contributed by atoms with Crippen molar-refractivity contribution in [1.29, 1.82) is 0 Å². The molecule has 1 aromatic carbocycles. The summed E-state index contributed by atoms with van der Waals surface area (Å²) in [5.41, 5.74) is 1.08. The first kappa shape index (κ1) is 10.9. The van der Waals surface area contributed by atoms with Crippen LogP contribution in [-0.2, 0) is 9.84 Å². The minimum absolute atomic E-state index is 0.215. The Kier molecular flexibility index (Phi) is 2.59. The average Bonchev–Trinajstić information content (AvgIpc) is 2.58. The van der Waals surface area contributed by atoms with Gasteiger partial charge < -0.3 is 9.72 Å². The summed E-state index contributed by atoms with van der Waals surface area (Å²) in [6, 6.07) is 5.31. The summed E-state index contributed by atoms with van der Waals surface area (Å²) in [4.78, 5) is 7.24. The second-order valence-electron chi connectivity index (χ2n) is 3.40. The van der Waals surface area contributed by atoms with Crippen molar-refractivity contribution in [3.05, 3.63) is 18.2 Å². The van der Waals surface area contributed by atoms with Crippen LogP contribution in [0.1, 0.15) is 6.92 Å². The van der Waals surface area contributed by atoms with Gasteiger partial charge >= 0.3 is 0 Å². The topological polar surface area (TPSA) is 72.0 Å². The summed E-state index contributed by atoms with van der Waals surface area (Å²) < 4.78 is 28.2. The van der Waals surface area contributed by atoms with Crippen molar-refractivity contribution in [1.82, 2.24) is 9.97 Å². The van der Waals surface area contributed by atoms with Gasteiger partial charge in [-0.3, -0.25) is 0 Å². The van der Waals surface area contributed by atoms with E-state index in [0.29, 0.717) is 23.7 Å². The van der Waals surface area contributed by atoms with E-state index in [2.05, 4.69) is 9.97 Å². The number of hydrogen-bond donors (Lipinski definition) is 1. The lowest BCUT2D eigenvalue weighted by atomic mass is 10.3. The Balaban J connectivity index is 2.68. The van der Waals surface area contributed by atoms with Crippen molar-refractivity contribution < 1.29 is 13.2 Å². The lowest BCUT2D eigenvalue weighted by molar-refractivity contribution is 0.317. The van der Waals surface area contributed by atoms with Crippen LogP contribution in [0.25, 0.3) is 11.0 Å². The lowest BCUT2D eigenvalue weighted by Crippen LogP contribution is -1.97. The van der Waals surface area contributed by atoms with E-state index in [4.69, 9.17) is 4.74 Å². The van der Waals surface area contributed by atoms with E-state index >= 15 is 0 Å². The van der Waals surface area contributed by atoms with Gasteiger partial charge in [0.1, 0.15) is 5.52 Å². The van der Waals surface area contributed by atoms with Crippen LogP contribution in [0.5, 0.6) is 6.01 Å². The summed E-state index contributed by atoms with van der Waals surface area (Å²) in [6.07, 6.45) is 1.16. The Morgan fingerprint density at radius 2 is 2.19 bits per heavy atom. The van der Waals surface area contributed by atoms with Crippen LogP contribution in [0.15, 0.2) is 23.1 Å². The highest BCUT2D eigenvalue weighted by atomic mass is 32.2. The Labute approximate surface area is 93.4 Å². The number of hydrogen-bond acceptors (Lipinski definition) is 4. The van der Waals surface area contributed by atoms with Crippen LogP contribution in [-0.4, -0.2) is 31.2 Å². The van der Waals surface area contributed by atoms with Crippen LogP contribution in [0, 0.1) is 0 Å². The molecule has 16 heavy (non-hydrogen) atoms. The third-order valence-electron chi connectivity index (χ3n) is 2.13. The number of nitrogens with one attached hydrogen (secondary N) is 1. The average molecular weight is 240 g/mol. The van der Waals surface area contributed by atoms with Crippen molar-refractivity contribution in [2.24, 2.45) is 0 Å². The van der Waals surface area contributed by atoms with Crippen LogP contribution in [0.4, 0.5) is 0 Å². The zero-order chi connectivity index (χ0) is 11.8. The number of imidazole rings is 1. The molecule has 1 heterocycles. The smallest absolute Gasteiger partial charge is 0.294 e. The molecule has 0 aliphatic heterocycles. The van der Waals surface area contributed by atoms with Gasteiger partial charge in [-0.2, -0.15) is 4.98 Å².